The van der Waals surface area contributed by atoms with Crippen molar-refractivity contribution in [2.75, 3.05) is 17.6 Å². The van der Waals surface area contributed by atoms with Crippen LogP contribution in [0, 0.1) is 0 Å². The Balaban J connectivity index is 1.89. The molecule has 2 fully saturated rings. The van der Waals surface area contributed by atoms with Gasteiger partial charge in [-0.1, -0.05) is 0 Å². The van der Waals surface area contributed by atoms with Crippen molar-refractivity contribution in [2.24, 2.45) is 0 Å². The van der Waals surface area contributed by atoms with E-state index in [1.54, 1.807) is 0 Å². The van der Waals surface area contributed by atoms with E-state index in [1.165, 1.54) is 4.57 Å². The molecule has 2 bridgehead atoms. The third-order valence-corrected chi connectivity index (χ3v) is 4.03. The zero-order valence-corrected chi connectivity index (χ0v) is 11.6. The van der Waals surface area contributed by atoms with Crippen molar-refractivity contribution in [2.45, 2.75) is 44.2 Å². The number of ether oxygens (including phenoxy) is 3. The maximum atomic E-state index is 12.2. The number of hydrogen-bond acceptors (Lipinski definition) is 7. The van der Waals surface area contributed by atoms with Crippen LogP contribution in [0.1, 0.15) is 20.1 Å². The van der Waals surface area contributed by atoms with Gasteiger partial charge in [0.1, 0.15) is 29.8 Å². The number of nitrogens with zero attached hydrogens (tertiary/aromatic N) is 1. The minimum Gasteiger partial charge on any atom is -0.391 e. The van der Waals surface area contributed by atoms with E-state index in [4.69, 9.17) is 19.9 Å². The molecule has 114 valence electrons. The molecule has 4 rings (SSSR count). The van der Waals surface area contributed by atoms with Crippen LogP contribution in [0.4, 0.5) is 11.5 Å². The van der Waals surface area contributed by atoms with Crippen LogP contribution >= 0.6 is 0 Å². The van der Waals surface area contributed by atoms with Crippen LogP contribution in [0.5, 0.6) is 0 Å². The van der Waals surface area contributed by atoms with Gasteiger partial charge in [0, 0.05) is 6.54 Å². The third-order valence-electron chi connectivity index (χ3n) is 4.03. The van der Waals surface area contributed by atoms with E-state index < -0.39 is 29.4 Å². The summed E-state index contributed by atoms with van der Waals surface area (Å²) in [4.78, 5) is 26.0. The fourth-order valence-electron chi connectivity index (χ4n) is 3.22. The van der Waals surface area contributed by atoms with E-state index in [-0.39, 0.29) is 23.7 Å². The summed E-state index contributed by atoms with van der Waals surface area (Å²) in [6.07, 6.45) is -1.66. The minimum atomic E-state index is -0.739. The number of rotatable bonds is 0. The van der Waals surface area contributed by atoms with Crippen LogP contribution in [-0.4, -0.2) is 40.2 Å². The maximum Gasteiger partial charge on any atom is 0.332 e. The summed E-state index contributed by atoms with van der Waals surface area (Å²) >= 11 is 0. The molecule has 1 unspecified atom stereocenters. The second-order valence-corrected chi connectivity index (χ2v) is 5.90. The first-order chi connectivity index (χ1) is 9.87. The van der Waals surface area contributed by atoms with E-state index in [1.807, 2.05) is 13.8 Å². The Kier molecular flexibility index (Phi) is 2.37. The molecule has 0 radical (unpaired) electrons. The largest absolute Gasteiger partial charge is 0.391 e. The Morgan fingerprint density at radius 1 is 1.29 bits per heavy atom. The van der Waals surface area contributed by atoms with Crippen molar-refractivity contribution in [1.82, 2.24) is 9.55 Å². The lowest BCUT2D eigenvalue weighted by Gasteiger charge is -2.23. The molecule has 3 aliphatic heterocycles. The van der Waals surface area contributed by atoms with Crippen molar-refractivity contribution in [1.29, 1.82) is 0 Å². The Labute approximate surface area is 119 Å². The molecule has 3 aliphatic rings. The number of H-pyrrole nitrogens is 1. The summed E-state index contributed by atoms with van der Waals surface area (Å²) in [7, 11) is 0. The topological polar surface area (TPSA) is 121 Å². The number of nitrogens with one attached hydrogen (secondary N) is 2. The van der Waals surface area contributed by atoms with Crippen LogP contribution in [-0.2, 0) is 14.2 Å². The van der Waals surface area contributed by atoms with Gasteiger partial charge in [-0.3, -0.25) is 9.78 Å². The van der Waals surface area contributed by atoms with E-state index >= 15 is 0 Å². The quantitative estimate of drug-likeness (QED) is 0.559. The number of aromatic nitrogens is 2. The summed E-state index contributed by atoms with van der Waals surface area (Å²) in [5, 5.41) is 3.00. The second kappa shape index (κ2) is 3.87. The molecule has 21 heavy (non-hydrogen) atoms. The smallest absolute Gasteiger partial charge is 0.332 e. The lowest BCUT2D eigenvalue weighted by Crippen LogP contribution is -2.41. The highest BCUT2D eigenvalue weighted by atomic mass is 16.8. The number of nitrogen functional groups attached to an aromatic ring is 1. The van der Waals surface area contributed by atoms with Gasteiger partial charge in [0.05, 0.1) is 0 Å². The van der Waals surface area contributed by atoms with Gasteiger partial charge in [0.2, 0.25) is 0 Å². The lowest BCUT2D eigenvalue weighted by atomic mass is 10.1. The van der Waals surface area contributed by atoms with Gasteiger partial charge >= 0.3 is 5.69 Å². The number of aromatic amines is 1. The Bertz CT molecular complexity index is 723. The van der Waals surface area contributed by atoms with Crippen LogP contribution in [0.15, 0.2) is 9.59 Å². The predicted molar refractivity (Wildman–Crippen MR) is 72.0 cm³/mol. The van der Waals surface area contributed by atoms with Crippen molar-refractivity contribution in [3.05, 3.63) is 20.8 Å². The highest BCUT2D eigenvalue weighted by Crippen LogP contribution is 2.44. The molecular weight excluding hydrogens is 280 g/mol. The van der Waals surface area contributed by atoms with Crippen LogP contribution in [0.25, 0.3) is 0 Å². The number of hydrogen-bond donors (Lipinski definition) is 3. The Morgan fingerprint density at radius 3 is 2.76 bits per heavy atom. The Morgan fingerprint density at radius 2 is 2.00 bits per heavy atom. The molecule has 1 aromatic heterocycles. The molecule has 0 amide bonds. The van der Waals surface area contributed by atoms with Gasteiger partial charge in [0.15, 0.2) is 12.0 Å². The SMILES string of the molecule is CC1(C)OC2[C@@H](O1)[C@H]1CNc3c(N)c(=O)[nH]c(=O)n3[C@H]2O1. The van der Waals surface area contributed by atoms with Crippen LogP contribution < -0.4 is 22.3 Å². The van der Waals surface area contributed by atoms with Crippen molar-refractivity contribution < 1.29 is 14.2 Å². The number of fused-ring (bicyclic) bond motifs is 7. The average molecular weight is 296 g/mol. The summed E-state index contributed by atoms with van der Waals surface area (Å²) in [5.74, 6) is -0.472. The minimum absolute atomic E-state index is 0.0412. The highest BCUT2D eigenvalue weighted by Gasteiger charge is 2.57. The average Bonchev–Trinajstić information content (AvgIpc) is 2.78. The summed E-state index contributed by atoms with van der Waals surface area (Å²) in [5.41, 5.74) is 4.53. The van der Waals surface area contributed by atoms with Gasteiger partial charge in [-0.15, -0.1) is 0 Å². The summed E-state index contributed by atoms with van der Waals surface area (Å²) in [6, 6.07) is 0. The van der Waals surface area contributed by atoms with Crippen LogP contribution in [0.3, 0.4) is 0 Å². The fourth-order valence-corrected chi connectivity index (χ4v) is 3.22. The molecule has 1 aromatic rings. The van der Waals surface area contributed by atoms with Gasteiger partial charge in [-0.05, 0) is 13.8 Å². The summed E-state index contributed by atoms with van der Waals surface area (Å²) < 4.78 is 18.9. The molecule has 0 spiro atoms. The van der Waals surface area contributed by atoms with E-state index in [2.05, 4.69) is 10.3 Å². The van der Waals surface area contributed by atoms with Gasteiger partial charge in [0.25, 0.3) is 5.56 Å². The first-order valence-electron chi connectivity index (χ1n) is 6.77. The molecule has 4 heterocycles. The Hall–Kier alpha value is -1.84. The number of nitrogens with two attached hydrogens (primary N) is 1. The highest BCUT2D eigenvalue weighted by molar-refractivity contribution is 5.60. The van der Waals surface area contributed by atoms with Gasteiger partial charge < -0.3 is 25.3 Å². The monoisotopic (exact) mass is 296 g/mol. The lowest BCUT2D eigenvalue weighted by molar-refractivity contribution is -0.194. The molecule has 2 saturated heterocycles. The molecule has 9 nitrogen and oxygen atoms in total. The molecule has 9 heteroatoms. The van der Waals surface area contributed by atoms with E-state index in [0.717, 1.165) is 0 Å². The normalized spacial score (nSPS) is 35.7. The first kappa shape index (κ1) is 12.9. The van der Waals surface area contributed by atoms with Gasteiger partial charge in [-0.25, -0.2) is 9.36 Å². The van der Waals surface area contributed by atoms with Crippen molar-refractivity contribution in [3.63, 3.8) is 0 Å². The molecule has 4 N–H and O–H groups in total. The van der Waals surface area contributed by atoms with Crippen LogP contribution in [0.2, 0.25) is 0 Å². The molecular formula is C12H16N4O5. The molecule has 0 aliphatic carbocycles. The fraction of sp³-hybridized carbons (Fsp3) is 0.667. The van der Waals surface area contributed by atoms with E-state index in [0.29, 0.717) is 6.54 Å². The van der Waals surface area contributed by atoms with Crippen molar-refractivity contribution in [3.8, 4) is 0 Å². The van der Waals surface area contributed by atoms with Crippen molar-refractivity contribution >= 4 is 11.5 Å². The first-order valence-corrected chi connectivity index (χ1v) is 6.77. The van der Waals surface area contributed by atoms with E-state index in [9.17, 15) is 9.59 Å². The summed E-state index contributed by atoms with van der Waals surface area (Å²) in [6.45, 7) is 4.01. The maximum absolute atomic E-state index is 12.2. The zero-order chi connectivity index (χ0) is 14.9. The predicted octanol–water partition coefficient (Wildman–Crippen LogP) is -1.04. The molecule has 4 atom stereocenters. The molecule has 0 saturated carbocycles. The standard InChI is InChI=1S/C12H16N4O5/c1-12(2)20-6-4-3-14-8-5(13)9(17)15-11(18)16(8)10(19-4)7(6)21-12/h4,6-7,10,14H,3,13H2,1-2H3,(H,15,17,18)/t4-,6+,7?,10+/m1/s1. The van der Waals surface area contributed by atoms with Gasteiger partial charge in [-0.2, -0.15) is 0 Å². The third kappa shape index (κ3) is 1.68. The zero-order valence-electron chi connectivity index (χ0n) is 11.6. The number of anilines is 2. The molecule has 0 aromatic carbocycles. The second-order valence-electron chi connectivity index (χ2n) is 5.90.